The Morgan fingerprint density at radius 1 is 1.19 bits per heavy atom. The van der Waals surface area contributed by atoms with Crippen LogP contribution in [0.15, 0.2) is 64.8 Å². The van der Waals surface area contributed by atoms with Crippen LogP contribution in [-0.4, -0.2) is 17.5 Å². The lowest BCUT2D eigenvalue weighted by Gasteiger charge is -2.22. The number of thiophene rings is 1. The Morgan fingerprint density at radius 3 is 2.70 bits per heavy atom. The number of benzene rings is 1. The number of nitrogens with one attached hydrogen (secondary N) is 1. The summed E-state index contributed by atoms with van der Waals surface area (Å²) in [6, 6.07) is 13.2. The molecule has 0 spiro atoms. The molecule has 0 atom stereocenters. The number of carbonyl (C=O) groups excluding carboxylic acids is 1. The van der Waals surface area contributed by atoms with E-state index in [4.69, 9.17) is 9.15 Å². The summed E-state index contributed by atoms with van der Waals surface area (Å²) in [7, 11) is 0. The molecule has 0 radical (unpaired) electrons. The second kappa shape index (κ2) is 9.83. The standard InChI is InChI=1S/C21H24N2O3S/c1-2-3-11-26-19-8-6-18(7-9-19)22-21(24)23(14-17-10-12-25-16-17)15-20-5-4-13-27-20/h4-10,12-13,16H,2-3,11,14-15H2,1H3,(H,22,24). The molecule has 1 aromatic carbocycles. The van der Waals surface area contributed by atoms with Gasteiger partial charge in [-0.2, -0.15) is 0 Å². The highest BCUT2D eigenvalue weighted by atomic mass is 32.1. The number of furan rings is 1. The van der Waals surface area contributed by atoms with Crippen LogP contribution in [-0.2, 0) is 13.1 Å². The normalized spacial score (nSPS) is 10.6. The number of hydrogen-bond acceptors (Lipinski definition) is 4. The molecular formula is C21H24N2O3S. The van der Waals surface area contributed by atoms with Crippen LogP contribution in [0.25, 0.3) is 0 Å². The van der Waals surface area contributed by atoms with Crippen LogP contribution >= 0.6 is 11.3 Å². The predicted octanol–water partition coefficient (Wildman–Crippen LogP) is 5.75. The fraction of sp³-hybridized carbons (Fsp3) is 0.286. The summed E-state index contributed by atoms with van der Waals surface area (Å²) < 4.78 is 10.8. The van der Waals surface area contributed by atoms with Crippen LogP contribution in [0.2, 0.25) is 0 Å². The van der Waals surface area contributed by atoms with E-state index in [0.29, 0.717) is 19.7 Å². The van der Waals surface area contributed by atoms with Crippen LogP contribution in [0.3, 0.4) is 0 Å². The molecule has 0 aliphatic carbocycles. The first kappa shape index (κ1) is 19.0. The SMILES string of the molecule is CCCCOc1ccc(NC(=O)N(Cc2ccoc2)Cc2cccs2)cc1. The van der Waals surface area contributed by atoms with Gasteiger partial charge >= 0.3 is 6.03 Å². The van der Waals surface area contributed by atoms with Crippen LogP contribution in [0.4, 0.5) is 10.5 Å². The predicted molar refractivity (Wildman–Crippen MR) is 108 cm³/mol. The number of nitrogens with zero attached hydrogens (tertiary/aromatic N) is 1. The van der Waals surface area contributed by atoms with Crippen molar-refractivity contribution in [2.75, 3.05) is 11.9 Å². The van der Waals surface area contributed by atoms with Gasteiger partial charge in [-0.3, -0.25) is 0 Å². The molecule has 0 saturated heterocycles. The smallest absolute Gasteiger partial charge is 0.322 e. The van der Waals surface area contributed by atoms with Crippen molar-refractivity contribution in [2.24, 2.45) is 0 Å². The van der Waals surface area contributed by atoms with Gasteiger partial charge in [0.05, 0.1) is 32.2 Å². The number of amides is 2. The summed E-state index contributed by atoms with van der Waals surface area (Å²) in [5.41, 5.74) is 1.70. The molecule has 6 heteroatoms. The Bertz CT molecular complexity index is 762. The Morgan fingerprint density at radius 2 is 2.04 bits per heavy atom. The average Bonchev–Trinajstić information content (AvgIpc) is 3.37. The molecule has 142 valence electrons. The Balaban J connectivity index is 1.62. The number of ether oxygens (including phenoxy) is 1. The van der Waals surface area contributed by atoms with Crippen LogP contribution < -0.4 is 10.1 Å². The Hall–Kier alpha value is -2.73. The topological polar surface area (TPSA) is 54.7 Å². The molecule has 0 saturated carbocycles. The quantitative estimate of drug-likeness (QED) is 0.478. The molecule has 3 rings (SSSR count). The minimum absolute atomic E-state index is 0.149. The molecule has 2 heterocycles. The monoisotopic (exact) mass is 384 g/mol. The zero-order valence-electron chi connectivity index (χ0n) is 15.4. The van der Waals surface area contributed by atoms with E-state index >= 15 is 0 Å². The van der Waals surface area contributed by atoms with Crippen molar-refractivity contribution in [1.82, 2.24) is 4.90 Å². The molecular weight excluding hydrogens is 360 g/mol. The first-order valence-electron chi connectivity index (χ1n) is 9.07. The first-order chi connectivity index (χ1) is 13.2. The van der Waals surface area contributed by atoms with Crippen molar-refractivity contribution in [3.8, 4) is 5.75 Å². The summed E-state index contributed by atoms with van der Waals surface area (Å²) in [4.78, 5) is 15.7. The first-order valence-corrected chi connectivity index (χ1v) is 9.95. The number of hydrogen-bond donors (Lipinski definition) is 1. The van der Waals surface area contributed by atoms with Crippen LogP contribution in [0.5, 0.6) is 5.75 Å². The van der Waals surface area contributed by atoms with E-state index in [1.807, 2.05) is 47.8 Å². The van der Waals surface area contributed by atoms with E-state index in [9.17, 15) is 4.79 Å². The zero-order chi connectivity index (χ0) is 18.9. The fourth-order valence-electron chi connectivity index (χ4n) is 2.56. The van der Waals surface area contributed by atoms with Crippen molar-refractivity contribution < 1.29 is 13.9 Å². The number of carbonyl (C=O) groups is 1. The maximum atomic E-state index is 12.8. The van der Waals surface area contributed by atoms with Crippen molar-refractivity contribution in [3.05, 3.63) is 70.8 Å². The largest absolute Gasteiger partial charge is 0.494 e. The van der Waals surface area contributed by atoms with E-state index in [0.717, 1.165) is 34.7 Å². The van der Waals surface area contributed by atoms with Gasteiger partial charge in [0.15, 0.2) is 0 Å². The highest BCUT2D eigenvalue weighted by molar-refractivity contribution is 7.09. The highest BCUT2D eigenvalue weighted by Gasteiger charge is 2.16. The van der Waals surface area contributed by atoms with E-state index < -0.39 is 0 Å². The van der Waals surface area contributed by atoms with E-state index in [1.165, 1.54) is 0 Å². The van der Waals surface area contributed by atoms with Gasteiger partial charge in [-0.05, 0) is 48.2 Å². The third-order valence-corrected chi connectivity index (χ3v) is 4.90. The minimum atomic E-state index is -0.149. The molecule has 2 amide bonds. The minimum Gasteiger partial charge on any atom is -0.494 e. The summed E-state index contributed by atoms with van der Waals surface area (Å²) in [6.07, 6.45) is 5.42. The second-order valence-corrected chi connectivity index (χ2v) is 7.26. The van der Waals surface area contributed by atoms with E-state index in [-0.39, 0.29) is 6.03 Å². The Labute approximate surface area is 163 Å². The molecule has 0 aliphatic rings. The fourth-order valence-corrected chi connectivity index (χ4v) is 3.28. The molecule has 1 N–H and O–H groups in total. The molecule has 0 fully saturated rings. The third kappa shape index (κ3) is 5.89. The van der Waals surface area contributed by atoms with Gasteiger partial charge in [-0.25, -0.2) is 4.79 Å². The maximum Gasteiger partial charge on any atom is 0.322 e. The van der Waals surface area contributed by atoms with Gasteiger partial charge in [0.1, 0.15) is 5.75 Å². The number of rotatable bonds is 9. The molecule has 5 nitrogen and oxygen atoms in total. The van der Waals surface area contributed by atoms with Gasteiger partial charge in [-0.1, -0.05) is 19.4 Å². The Kier molecular flexibility index (Phi) is 6.93. The second-order valence-electron chi connectivity index (χ2n) is 6.22. The lowest BCUT2D eigenvalue weighted by molar-refractivity contribution is 0.207. The molecule has 0 bridgehead atoms. The van der Waals surface area contributed by atoms with Gasteiger partial charge in [-0.15, -0.1) is 11.3 Å². The molecule has 3 aromatic rings. The average molecular weight is 385 g/mol. The maximum absolute atomic E-state index is 12.8. The van der Waals surface area contributed by atoms with Gasteiger partial charge in [0, 0.05) is 16.1 Å². The lowest BCUT2D eigenvalue weighted by atomic mass is 10.3. The van der Waals surface area contributed by atoms with Gasteiger partial charge in [0.25, 0.3) is 0 Å². The molecule has 2 aromatic heterocycles. The summed E-state index contributed by atoms with van der Waals surface area (Å²) in [6.45, 7) is 3.88. The lowest BCUT2D eigenvalue weighted by Crippen LogP contribution is -2.33. The molecule has 27 heavy (non-hydrogen) atoms. The van der Waals surface area contributed by atoms with Gasteiger partial charge < -0.3 is 19.4 Å². The number of urea groups is 1. The highest BCUT2D eigenvalue weighted by Crippen LogP contribution is 2.19. The van der Waals surface area contributed by atoms with Crippen LogP contribution in [0.1, 0.15) is 30.2 Å². The van der Waals surface area contributed by atoms with Crippen molar-refractivity contribution >= 4 is 23.1 Å². The van der Waals surface area contributed by atoms with E-state index in [2.05, 4.69) is 12.2 Å². The number of anilines is 1. The molecule has 0 unspecified atom stereocenters. The summed E-state index contributed by atoms with van der Waals surface area (Å²) in [5, 5.41) is 4.98. The number of unbranched alkanes of at least 4 members (excludes halogenated alkanes) is 1. The van der Waals surface area contributed by atoms with Crippen molar-refractivity contribution in [2.45, 2.75) is 32.9 Å². The van der Waals surface area contributed by atoms with Crippen molar-refractivity contribution in [1.29, 1.82) is 0 Å². The summed E-state index contributed by atoms with van der Waals surface area (Å²) in [5.74, 6) is 0.815. The summed E-state index contributed by atoms with van der Waals surface area (Å²) >= 11 is 1.64. The third-order valence-electron chi connectivity index (χ3n) is 4.04. The van der Waals surface area contributed by atoms with Crippen molar-refractivity contribution in [3.63, 3.8) is 0 Å². The molecule has 0 aliphatic heterocycles. The van der Waals surface area contributed by atoms with Crippen LogP contribution in [0, 0.1) is 0 Å². The van der Waals surface area contributed by atoms with E-state index in [1.54, 1.807) is 28.8 Å². The zero-order valence-corrected chi connectivity index (χ0v) is 16.2. The van der Waals surface area contributed by atoms with Gasteiger partial charge in [0.2, 0.25) is 0 Å².